The van der Waals surface area contributed by atoms with Crippen LogP contribution in [-0.2, 0) is 0 Å². The van der Waals surface area contributed by atoms with Gasteiger partial charge in [-0.3, -0.25) is 0 Å². The highest BCUT2D eigenvalue weighted by Gasteiger charge is 3.72. The van der Waals surface area contributed by atoms with E-state index in [1.165, 1.54) is 88.8 Å². The maximum atomic E-state index is 3.44. The lowest BCUT2D eigenvalue weighted by Gasteiger charge is -3.68. The minimum atomic E-state index is 0.606. The van der Waals surface area contributed by atoms with Gasteiger partial charge in [0.1, 0.15) is 0 Å². The van der Waals surface area contributed by atoms with Gasteiger partial charge < -0.3 is 0 Å². The number of hydrogen-bond acceptors (Lipinski definition) is 0. The van der Waals surface area contributed by atoms with E-state index >= 15 is 0 Å². The van der Waals surface area contributed by atoms with Crippen molar-refractivity contribution < 1.29 is 0 Å². The van der Waals surface area contributed by atoms with Gasteiger partial charge in [0.05, 0.1) is 0 Å². The molecule has 65 heavy (non-hydrogen) atoms. The Balaban J connectivity index is 0.796. The van der Waals surface area contributed by atoms with E-state index in [9.17, 15) is 0 Å². The van der Waals surface area contributed by atoms with Crippen LogP contribution in [0.1, 0.15) is 75.2 Å². The van der Waals surface area contributed by atoms with Crippen molar-refractivity contribution in [3.05, 3.63) is 12.2 Å². The van der Waals surface area contributed by atoms with E-state index in [-0.39, 0.29) is 0 Å². The molecule has 0 aliphatic heterocycles. The second kappa shape index (κ2) is 3.58. The van der Waals surface area contributed by atoms with Crippen molar-refractivity contribution in [2.24, 2.45) is 290 Å². The highest BCUT2D eigenvalue weighted by molar-refractivity contribution is 6.17. The van der Waals surface area contributed by atoms with E-state index < -0.39 is 0 Å². The average Bonchev–Trinajstić information content (AvgIpc) is 3.55. The standard InChI is InChI=1S/C65H50/c1-14-20-25-19-13-18-24-27-29-30-28-26-23-17-12-16-22-21-15(2)38-10-11-39-43(21,38)44(22)40(16,17)45(23)48(26)50(28)52(30)51(29)49(27)47(24)41(18,20)46(25)42(19)31(14,3)32(4)33(5)34(6)35(7)36(8)37(38,9)53(39)55(36)57(35)58(34)56(33)54(32,42)60(46,47)62(49,56)64(51,58)65(52,57)63(50,55)61(48,53)59(39,44)45/h10-11,14-30H,12-13H2,1-9H3. The molecule has 0 saturated heterocycles. The second-order valence-electron chi connectivity index (χ2n) is 40.6. The fourth-order valence-corrected chi connectivity index (χ4v) is 68.3. The molecule has 310 valence electrons. The maximum absolute atomic E-state index is 3.44. The summed E-state index contributed by atoms with van der Waals surface area (Å²) in [6, 6.07) is 0. The van der Waals surface area contributed by atoms with Gasteiger partial charge in [0, 0.05) is 32.5 Å². The van der Waals surface area contributed by atoms with Gasteiger partial charge in [-0.15, -0.1) is 0 Å². The first kappa shape index (κ1) is 24.4. The summed E-state index contributed by atoms with van der Waals surface area (Å²) in [5.41, 5.74) is 30.1. The van der Waals surface area contributed by atoms with Gasteiger partial charge >= 0.3 is 0 Å². The van der Waals surface area contributed by atoms with Crippen LogP contribution in [0.5, 0.6) is 0 Å². The van der Waals surface area contributed by atoms with Gasteiger partial charge in [-0.25, -0.2) is 0 Å². The van der Waals surface area contributed by atoms with E-state index in [0.29, 0.717) is 43.3 Å². The normalized spacial score (nSPS) is 133. The summed E-state index contributed by atoms with van der Waals surface area (Å²) in [4.78, 5) is 0. The number of fused-ring (bicyclic) bond motifs is 14. The molecule has 0 radical (unpaired) electrons. The van der Waals surface area contributed by atoms with Crippen LogP contribution in [-0.4, -0.2) is 0 Å². The number of rotatable bonds is 0. The molecule has 42 rings (SSSR count). The first-order valence-corrected chi connectivity index (χ1v) is 31.0. The first-order valence-electron chi connectivity index (χ1n) is 31.0. The lowest BCUT2D eigenvalue weighted by Crippen LogP contribution is -3.67. The zero-order chi connectivity index (χ0) is 39.1. The molecule has 27 spiro atoms. The van der Waals surface area contributed by atoms with Crippen LogP contribution in [0.15, 0.2) is 12.2 Å². The third kappa shape index (κ3) is 0.517. The molecule has 0 aromatic carbocycles. The summed E-state index contributed by atoms with van der Waals surface area (Å²) >= 11 is 0. The Hall–Kier alpha value is -0.260. The van der Waals surface area contributed by atoms with E-state index in [4.69, 9.17) is 0 Å². The molecule has 0 heterocycles. The predicted molar refractivity (Wildman–Crippen MR) is 214 cm³/mol. The first-order chi connectivity index (χ1) is 31.3. The van der Waals surface area contributed by atoms with Crippen molar-refractivity contribution in [1.29, 1.82) is 0 Å². The molecule has 0 N–H and O–H groups in total. The smallest absolute Gasteiger partial charge is 0.0104 e. The highest BCUT2D eigenvalue weighted by atomic mass is 15.7. The fraction of sp³-hybridized carbons (Fsp3) is 0.969. The number of allylic oxidation sites excluding steroid dienone is 2. The van der Waals surface area contributed by atoms with Crippen LogP contribution in [0.3, 0.4) is 0 Å². The Bertz CT molecular complexity index is 4320. The zero-order valence-corrected chi connectivity index (χ0v) is 38.9. The molecule has 0 nitrogen and oxygen atoms in total. The lowest BCUT2D eigenvalue weighted by atomic mass is 8.34. The molecule has 42 aliphatic rings. The SMILES string of the molecule is CC1C2C3C4CC5C6C7C8C9C%10C%11C%12C%13CC%14C%15C%16C(C)C%17%18C=CC%19%20C%16%17C%15%16C%14%13C%12%13C%11%12C%10%11C9%10C89C78C67C52C32C43C1(C)C1(C)C4(C)C5(C)C6(C)C%14(C)C%18(C)C%19%15C%14%17C6%14C56C45C13C27C85C96C%10%14C%11%17C%12%15C%20%16%13. The predicted octanol–water partition coefficient (Wildman–Crippen LogP) is 8.05. The molecule has 0 amide bonds. The Morgan fingerprint density at radius 3 is 1.42 bits per heavy atom. The molecular weight excluding hydrogens is 781 g/mol. The van der Waals surface area contributed by atoms with Crippen LogP contribution in [0, 0.1) is 290 Å². The molecule has 0 aromatic rings. The van der Waals surface area contributed by atoms with E-state index in [1.54, 1.807) is 6.42 Å². The summed E-state index contributed by atoms with van der Waals surface area (Å²) < 4.78 is 0. The Kier molecular flexibility index (Phi) is 1.35. The van der Waals surface area contributed by atoms with Crippen LogP contribution in [0.2, 0.25) is 0 Å². The third-order valence-corrected chi connectivity index (χ3v) is 54.7. The molecule has 52 atom stereocenters. The molecule has 0 heteroatoms. The Labute approximate surface area is 375 Å². The van der Waals surface area contributed by atoms with Crippen molar-refractivity contribution in [1.82, 2.24) is 0 Å². The minimum Gasteiger partial charge on any atom is -0.0802 e. The molecular formula is C65H50. The van der Waals surface area contributed by atoms with Gasteiger partial charge in [-0.05, 0) is 270 Å². The van der Waals surface area contributed by atoms with Gasteiger partial charge in [-0.2, -0.15) is 0 Å². The largest absolute Gasteiger partial charge is 0.0802 e. The summed E-state index contributed by atoms with van der Waals surface area (Å²) in [5, 5.41) is 0. The summed E-state index contributed by atoms with van der Waals surface area (Å²) in [6.07, 6.45) is 10.4. The molecule has 0 aromatic heterocycles. The number of hydrogen-bond donors (Lipinski definition) is 0. The van der Waals surface area contributed by atoms with Crippen molar-refractivity contribution in [2.75, 3.05) is 0 Å². The molecule has 41 fully saturated rings. The zero-order valence-electron chi connectivity index (χ0n) is 38.9. The Morgan fingerprint density at radius 2 is 0.738 bits per heavy atom. The van der Waals surface area contributed by atoms with Crippen LogP contribution >= 0.6 is 0 Å². The summed E-state index contributed by atoms with van der Waals surface area (Å²) in [6.45, 7) is 29.5. The van der Waals surface area contributed by atoms with Crippen LogP contribution in [0.25, 0.3) is 0 Å². The van der Waals surface area contributed by atoms with E-state index in [2.05, 4.69) is 74.5 Å². The summed E-state index contributed by atoms with van der Waals surface area (Å²) in [7, 11) is 0. The second-order valence-corrected chi connectivity index (χ2v) is 40.6. The monoisotopic (exact) mass is 830 g/mol. The van der Waals surface area contributed by atoms with E-state index in [0.717, 1.165) is 158 Å². The van der Waals surface area contributed by atoms with Gasteiger partial charge in [0.15, 0.2) is 0 Å². The maximum Gasteiger partial charge on any atom is 0.0104 e. The fourth-order valence-electron chi connectivity index (χ4n) is 68.3. The summed E-state index contributed by atoms with van der Waals surface area (Å²) in [5.74, 6) is 21.4. The van der Waals surface area contributed by atoms with E-state index in [1.807, 2.05) is 6.42 Å². The van der Waals surface area contributed by atoms with Gasteiger partial charge in [0.2, 0.25) is 0 Å². The minimum absolute atomic E-state index is 0.606. The average molecular weight is 831 g/mol. The lowest BCUT2D eigenvalue weighted by molar-refractivity contribution is -1.24. The quantitative estimate of drug-likeness (QED) is 0.217. The van der Waals surface area contributed by atoms with Crippen LogP contribution < -0.4 is 0 Å². The van der Waals surface area contributed by atoms with Crippen molar-refractivity contribution in [2.45, 2.75) is 75.2 Å². The Morgan fingerprint density at radius 1 is 0.292 bits per heavy atom. The van der Waals surface area contributed by atoms with Gasteiger partial charge in [-0.1, -0.05) is 74.5 Å². The van der Waals surface area contributed by atoms with Crippen molar-refractivity contribution in [3.8, 4) is 0 Å². The van der Waals surface area contributed by atoms with Gasteiger partial charge in [0.25, 0.3) is 0 Å². The molecule has 42 aliphatic carbocycles. The molecule has 41 saturated carbocycles. The van der Waals surface area contributed by atoms with Crippen LogP contribution in [0.4, 0.5) is 0 Å². The molecule has 8 bridgehead atoms. The van der Waals surface area contributed by atoms with Crippen molar-refractivity contribution >= 4 is 0 Å². The molecule has 52 unspecified atom stereocenters. The third-order valence-electron chi connectivity index (χ3n) is 54.7. The van der Waals surface area contributed by atoms with Crippen molar-refractivity contribution in [3.63, 3.8) is 0 Å². The topological polar surface area (TPSA) is 0 Å². The highest BCUT2D eigenvalue weighted by Crippen LogP contribution is 3.73.